The molecule has 9 heteroatoms. The Hall–Kier alpha value is -2.94. The highest BCUT2D eigenvalue weighted by Crippen LogP contribution is 2.29. The number of ether oxygens (including phenoxy) is 3. The number of carbonyl (C=O) groups is 3. The van der Waals surface area contributed by atoms with Crippen LogP contribution in [0, 0.1) is 5.82 Å². The van der Waals surface area contributed by atoms with E-state index >= 15 is 0 Å². The number of rotatable bonds is 4. The van der Waals surface area contributed by atoms with Gasteiger partial charge >= 0.3 is 11.9 Å². The molecule has 1 heterocycles. The molecule has 0 aliphatic carbocycles. The molecular weight excluding hydrogens is 335 g/mol. The molecular formula is C16H17FN2O6. The van der Waals surface area contributed by atoms with E-state index in [1.165, 1.54) is 38.2 Å². The van der Waals surface area contributed by atoms with Gasteiger partial charge in [0.05, 0.1) is 32.1 Å². The number of anilines is 2. The van der Waals surface area contributed by atoms with Crippen LogP contribution in [-0.4, -0.2) is 45.4 Å². The second kappa shape index (κ2) is 7.75. The fourth-order valence-corrected chi connectivity index (χ4v) is 2.31. The highest BCUT2D eigenvalue weighted by atomic mass is 19.1. The van der Waals surface area contributed by atoms with Crippen molar-refractivity contribution in [2.45, 2.75) is 6.92 Å². The average Bonchev–Trinajstić information content (AvgIpc) is 2.61. The lowest BCUT2D eigenvalue weighted by atomic mass is 10.1. The fraction of sp³-hybridized carbons (Fsp3) is 0.312. The number of benzene rings is 1. The molecule has 0 saturated heterocycles. The highest BCUT2D eigenvalue weighted by Gasteiger charge is 2.32. The first-order chi connectivity index (χ1) is 11.9. The van der Waals surface area contributed by atoms with Crippen molar-refractivity contribution < 1.29 is 33.0 Å². The van der Waals surface area contributed by atoms with E-state index in [1.807, 2.05) is 0 Å². The molecule has 1 aliphatic heterocycles. The smallest absolute Gasteiger partial charge is 0.355 e. The van der Waals surface area contributed by atoms with Crippen LogP contribution in [0.25, 0.3) is 0 Å². The van der Waals surface area contributed by atoms with E-state index in [4.69, 9.17) is 9.47 Å². The highest BCUT2D eigenvalue weighted by molar-refractivity contribution is 6.03. The zero-order valence-corrected chi connectivity index (χ0v) is 13.9. The van der Waals surface area contributed by atoms with E-state index in [0.29, 0.717) is 0 Å². The lowest BCUT2D eigenvalue weighted by Crippen LogP contribution is -2.38. The molecule has 0 bridgehead atoms. The third-order valence-electron chi connectivity index (χ3n) is 3.41. The molecule has 25 heavy (non-hydrogen) atoms. The maximum Gasteiger partial charge on any atom is 0.355 e. The molecule has 1 aliphatic rings. The first-order valence-electron chi connectivity index (χ1n) is 7.21. The number of hydrogen-bond acceptors (Lipinski definition) is 7. The van der Waals surface area contributed by atoms with Crippen LogP contribution >= 0.6 is 0 Å². The van der Waals surface area contributed by atoms with Gasteiger partial charge in [0.1, 0.15) is 18.2 Å². The van der Waals surface area contributed by atoms with Crippen LogP contribution in [0.15, 0.2) is 29.5 Å². The lowest BCUT2D eigenvalue weighted by molar-refractivity contribution is -0.140. The Balaban J connectivity index is 2.48. The molecule has 0 atom stereocenters. The Morgan fingerprint density at radius 3 is 2.44 bits per heavy atom. The number of carbonyl (C=O) groups excluding carboxylic acids is 3. The Kier molecular flexibility index (Phi) is 5.71. The van der Waals surface area contributed by atoms with E-state index < -0.39 is 23.7 Å². The van der Waals surface area contributed by atoms with Crippen molar-refractivity contribution in [2.75, 3.05) is 37.8 Å². The third-order valence-corrected chi connectivity index (χ3v) is 3.41. The van der Waals surface area contributed by atoms with Crippen LogP contribution in [0.2, 0.25) is 0 Å². The number of nitrogens with one attached hydrogen (secondary N) is 1. The number of amides is 1. The molecule has 0 spiro atoms. The molecule has 1 amide bonds. The number of halogens is 1. The average molecular weight is 352 g/mol. The van der Waals surface area contributed by atoms with Crippen molar-refractivity contribution in [3.8, 4) is 0 Å². The molecule has 0 saturated carbocycles. The molecule has 0 unspecified atom stereocenters. The molecule has 1 aromatic carbocycles. The minimum Gasteiger partial charge on any atom is -0.466 e. The van der Waals surface area contributed by atoms with Gasteiger partial charge in [0.2, 0.25) is 5.91 Å². The topological polar surface area (TPSA) is 94.2 Å². The summed E-state index contributed by atoms with van der Waals surface area (Å²) in [5, 5.41) is 2.34. The zero-order valence-electron chi connectivity index (χ0n) is 13.9. The normalized spacial score (nSPS) is 14.2. The van der Waals surface area contributed by atoms with Gasteiger partial charge in [-0.05, 0) is 18.2 Å². The number of methoxy groups -OCH3 is 2. The summed E-state index contributed by atoms with van der Waals surface area (Å²) in [6.07, 6.45) is 0. The van der Waals surface area contributed by atoms with Crippen molar-refractivity contribution in [3.05, 3.63) is 35.3 Å². The van der Waals surface area contributed by atoms with Gasteiger partial charge in [-0.25, -0.2) is 14.0 Å². The Labute approximate surface area is 143 Å². The van der Waals surface area contributed by atoms with Crippen molar-refractivity contribution >= 4 is 29.2 Å². The first kappa shape index (κ1) is 18.4. The van der Waals surface area contributed by atoms with Gasteiger partial charge in [-0.2, -0.15) is 0 Å². The summed E-state index contributed by atoms with van der Waals surface area (Å²) in [5.41, 5.74) is 0.110. The molecule has 1 aromatic rings. The Bertz CT molecular complexity index is 746. The largest absolute Gasteiger partial charge is 0.466 e. The summed E-state index contributed by atoms with van der Waals surface area (Å²) >= 11 is 0. The quantitative estimate of drug-likeness (QED) is 0.813. The summed E-state index contributed by atoms with van der Waals surface area (Å²) in [4.78, 5) is 36.4. The first-order valence-corrected chi connectivity index (χ1v) is 7.21. The Morgan fingerprint density at radius 1 is 1.20 bits per heavy atom. The monoisotopic (exact) mass is 352 g/mol. The number of hydrogen-bond donors (Lipinski definition) is 1. The second-order valence-electron chi connectivity index (χ2n) is 5.06. The van der Waals surface area contributed by atoms with Crippen LogP contribution < -0.4 is 10.2 Å². The summed E-state index contributed by atoms with van der Waals surface area (Å²) in [7, 11) is 2.34. The second-order valence-corrected chi connectivity index (χ2v) is 5.06. The van der Waals surface area contributed by atoms with Gasteiger partial charge in [0.25, 0.3) is 0 Å². The van der Waals surface area contributed by atoms with Crippen LogP contribution in [0.3, 0.4) is 0 Å². The van der Waals surface area contributed by atoms with E-state index in [1.54, 1.807) is 0 Å². The van der Waals surface area contributed by atoms with E-state index in [9.17, 15) is 18.8 Å². The fourth-order valence-electron chi connectivity index (χ4n) is 2.31. The lowest BCUT2D eigenvalue weighted by Gasteiger charge is -2.31. The van der Waals surface area contributed by atoms with Crippen molar-refractivity contribution in [1.82, 2.24) is 0 Å². The minimum absolute atomic E-state index is 0.00836. The van der Waals surface area contributed by atoms with Crippen LogP contribution in [-0.2, 0) is 28.6 Å². The van der Waals surface area contributed by atoms with Crippen LogP contribution in [0.5, 0.6) is 0 Å². The SMILES string of the molecule is COC(=O)C1=C(C(=O)OC)N(c2ccc(NC(C)=O)c(F)c2)COC1. The standard InChI is InChI=1S/C16H17FN2O6/c1-9(20)18-13-5-4-10(6-12(13)17)19-8-25-7-11(15(21)23-2)14(19)16(22)24-3/h4-6H,7-8H2,1-3H3,(H,18,20). The molecule has 2 rings (SSSR count). The maximum atomic E-state index is 14.2. The molecule has 0 aromatic heterocycles. The summed E-state index contributed by atoms with van der Waals surface area (Å²) in [6, 6.07) is 3.92. The zero-order chi connectivity index (χ0) is 18.6. The van der Waals surface area contributed by atoms with Gasteiger partial charge in [0.15, 0.2) is 0 Å². The number of esters is 2. The van der Waals surface area contributed by atoms with Crippen molar-refractivity contribution in [3.63, 3.8) is 0 Å². The molecule has 0 radical (unpaired) electrons. The predicted molar refractivity (Wildman–Crippen MR) is 85.1 cm³/mol. The van der Waals surface area contributed by atoms with Gasteiger partial charge in [-0.3, -0.25) is 4.79 Å². The summed E-state index contributed by atoms with van der Waals surface area (Å²) < 4.78 is 28.9. The maximum absolute atomic E-state index is 14.2. The summed E-state index contributed by atoms with van der Waals surface area (Å²) in [6.45, 7) is 1.02. The van der Waals surface area contributed by atoms with Gasteiger partial charge in [-0.15, -0.1) is 0 Å². The molecule has 1 N–H and O–H groups in total. The predicted octanol–water partition coefficient (Wildman–Crippen LogP) is 1.18. The van der Waals surface area contributed by atoms with Crippen molar-refractivity contribution in [2.24, 2.45) is 0 Å². The van der Waals surface area contributed by atoms with E-state index in [2.05, 4.69) is 10.1 Å². The minimum atomic E-state index is -0.782. The Morgan fingerprint density at radius 2 is 1.88 bits per heavy atom. The van der Waals surface area contributed by atoms with Gasteiger partial charge in [-0.1, -0.05) is 0 Å². The summed E-state index contributed by atoms with van der Waals surface area (Å²) in [5.74, 6) is -2.66. The van der Waals surface area contributed by atoms with Crippen molar-refractivity contribution in [1.29, 1.82) is 0 Å². The third kappa shape index (κ3) is 3.94. The molecule has 0 fully saturated rings. The van der Waals surface area contributed by atoms with Crippen LogP contribution in [0.1, 0.15) is 6.92 Å². The van der Waals surface area contributed by atoms with Crippen LogP contribution in [0.4, 0.5) is 15.8 Å². The van der Waals surface area contributed by atoms with E-state index in [0.717, 1.165) is 6.07 Å². The molecule has 134 valence electrons. The van der Waals surface area contributed by atoms with E-state index in [-0.39, 0.29) is 36.0 Å². The van der Waals surface area contributed by atoms with Gasteiger partial charge < -0.3 is 24.4 Å². The number of nitrogens with zero attached hydrogens (tertiary/aromatic N) is 1. The molecule has 8 nitrogen and oxygen atoms in total. The van der Waals surface area contributed by atoms with Gasteiger partial charge in [0, 0.05) is 12.6 Å².